The Morgan fingerprint density at radius 1 is 0.893 bits per heavy atom. The first-order valence-corrected chi connectivity index (χ1v) is 10.00. The van der Waals surface area contributed by atoms with Crippen LogP contribution in [0.15, 0.2) is 60.7 Å². The molecule has 1 amide bonds. The van der Waals surface area contributed by atoms with Crippen LogP contribution in [0.5, 0.6) is 0 Å². The van der Waals surface area contributed by atoms with Gasteiger partial charge < -0.3 is 4.90 Å². The average Bonchev–Trinajstić information content (AvgIpc) is 2.73. The Morgan fingerprint density at radius 3 is 2.25 bits per heavy atom. The SMILES string of the molecule is O=C(CCC(=O)N1CCN(CC=Cc2ccccc2)CC1)c1ccc(Cl)cc1. The topological polar surface area (TPSA) is 40.6 Å². The first kappa shape index (κ1) is 20.3. The Bertz CT molecular complexity index is 810. The van der Waals surface area contributed by atoms with Gasteiger partial charge in [-0.3, -0.25) is 14.5 Å². The maximum atomic E-state index is 12.4. The number of hydrogen-bond donors (Lipinski definition) is 0. The Hall–Kier alpha value is -2.43. The Balaban J connectivity index is 1.38. The summed E-state index contributed by atoms with van der Waals surface area (Å²) in [7, 11) is 0. The van der Waals surface area contributed by atoms with Gasteiger partial charge in [0.15, 0.2) is 5.78 Å². The minimum absolute atomic E-state index is 0.0188. The highest BCUT2D eigenvalue weighted by Gasteiger charge is 2.21. The quantitative estimate of drug-likeness (QED) is 0.660. The van der Waals surface area contributed by atoms with Crippen LogP contribution in [0.1, 0.15) is 28.8 Å². The predicted molar refractivity (Wildman–Crippen MR) is 114 cm³/mol. The van der Waals surface area contributed by atoms with Gasteiger partial charge in [0.25, 0.3) is 0 Å². The lowest BCUT2D eigenvalue weighted by molar-refractivity contribution is -0.132. The molecule has 4 nitrogen and oxygen atoms in total. The van der Waals surface area contributed by atoms with E-state index >= 15 is 0 Å². The molecule has 5 heteroatoms. The summed E-state index contributed by atoms with van der Waals surface area (Å²) in [5.41, 5.74) is 1.80. The fourth-order valence-corrected chi connectivity index (χ4v) is 3.37. The first-order chi connectivity index (χ1) is 13.6. The summed E-state index contributed by atoms with van der Waals surface area (Å²) in [4.78, 5) is 28.8. The van der Waals surface area contributed by atoms with Crippen LogP contribution in [0, 0.1) is 0 Å². The molecule has 28 heavy (non-hydrogen) atoms. The van der Waals surface area contributed by atoms with E-state index in [4.69, 9.17) is 11.6 Å². The zero-order valence-electron chi connectivity index (χ0n) is 15.9. The Morgan fingerprint density at radius 2 is 1.57 bits per heavy atom. The molecule has 2 aromatic carbocycles. The number of Topliss-reactive ketones (excluding diaryl/α,β-unsaturated/α-hetero) is 1. The van der Waals surface area contributed by atoms with Gasteiger partial charge in [0.1, 0.15) is 0 Å². The van der Waals surface area contributed by atoms with Gasteiger partial charge in [-0.1, -0.05) is 54.1 Å². The Kier molecular flexibility index (Phi) is 7.40. The second-order valence-corrected chi connectivity index (χ2v) is 7.36. The molecular weight excluding hydrogens is 372 g/mol. The van der Waals surface area contributed by atoms with Crippen molar-refractivity contribution in [3.8, 4) is 0 Å². The van der Waals surface area contributed by atoms with Crippen LogP contribution in [0.25, 0.3) is 6.08 Å². The summed E-state index contributed by atoms with van der Waals surface area (Å²) in [6, 6.07) is 17.0. The van der Waals surface area contributed by atoms with E-state index in [-0.39, 0.29) is 24.5 Å². The van der Waals surface area contributed by atoms with Gasteiger partial charge in [-0.05, 0) is 29.8 Å². The van der Waals surface area contributed by atoms with Crippen molar-refractivity contribution in [3.63, 3.8) is 0 Å². The van der Waals surface area contributed by atoms with Crippen molar-refractivity contribution in [2.24, 2.45) is 0 Å². The molecule has 2 aromatic rings. The van der Waals surface area contributed by atoms with Crippen molar-refractivity contribution < 1.29 is 9.59 Å². The fourth-order valence-electron chi connectivity index (χ4n) is 3.24. The third-order valence-corrected chi connectivity index (χ3v) is 5.18. The van der Waals surface area contributed by atoms with Gasteiger partial charge in [0, 0.05) is 56.2 Å². The zero-order valence-corrected chi connectivity index (χ0v) is 16.6. The van der Waals surface area contributed by atoms with Crippen LogP contribution < -0.4 is 0 Å². The molecule has 0 aliphatic carbocycles. The van der Waals surface area contributed by atoms with Crippen molar-refractivity contribution in [2.75, 3.05) is 32.7 Å². The number of ketones is 1. The van der Waals surface area contributed by atoms with E-state index in [2.05, 4.69) is 29.2 Å². The van der Waals surface area contributed by atoms with E-state index in [1.807, 2.05) is 23.1 Å². The molecule has 0 aromatic heterocycles. The van der Waals surface area contributed by atoms with Crippen molar-refractivity contribution >= 4 is 29.4 Å². The van der Waals surface area contributed by atoms with Crippen LogP contribution in [0.3, 0.4) is 0 Å². The normalized spacial score (nSPS) is 15.1. The minimum atomic E-state index is -0.0188. The third-order valence-electron chi connectivity index (χ3n) is 4.93. The molecule has 3 rings (SSSR count). The number of carbonyl (C=O) groups is 2. The van der Waals surface area contributed by atoms with Gasteiger partial charge in [-0.2, -0.15) is 0 Å². The number of nitrogens with zero attached hydrogens (tertiary/aromatic N) is 2. The molecule has 0 N–H and O–H groups in total. The fraction of sp³-hybridized carbons (Fsp3) is 0.304. The number of halogens is 1. The number of carbonyl (C=O) groups excluding carboxylic acids is 2. The summed E-state index contributed by atoms with van der Waals surface area (Å²) >= 11 is 5.84. The highest BCUT2D eigenvalue weighted by molar-refractivity contribution is 6.30. The van der Waals surface area contributed by atoms with Gasteiger partial charge in [0.05, 0.1) is 0 Å². The number of benzene rings is 2. The van der Waals surface area contributed by atoms with Crippen LogP contribution in [-0.4, -0.2) is 54.2 Å². The zero-order chi connectivity index (χ0) is 19.8. The maximum Gasteiger partial charge on any atom is 0.223 e. The number of rotatable bonds is 7. The Labute approximate surface area is 171 Å². The monoisotopic (exact) mass is 396 g/mol. The smallest absolute Gasteiger partial charge is 0.223 e. The molecule has 0 bridgehead atoms. The molecule has 1 saturated heterocycles. The molecule has 0 saturated carbocycles. The summed E-state index contributed by atoms with van der Waals surface area (Å²) in [6.07, 6.45) is 4.79. The van der Waals surface area contributed by atoms with E-state index < -0.39 is 0 Å². The summed E-state index contributed by atoms with van der Waals surface area (Å²) in [5, 5.41) is 0.601. The van der Waals surface area contributed by atoms with Crippen LogP contribution in [-0.2, 0) is 4.79 Å². The lowest BCUT2D eigenvalue weighted by atomic mass is 10.1. The molecule has 1 aliphatic heterocycles. The standard InChI is InChI=1S/C23H25ClN2O2/c24-21-10-8-20(9-11-21)22(27)12-13-23(28)26-17-15-25(16-18-26)14-4-7-19-5-2-1-3-6-19/h1-11H,12-18H2. The molecule has 1 aliphatic rings. The van der Waals surface area contributed by atoms with Crippen molar-refractivity contribution in [1.82, 2.24) is 9.80 Å². The van der Waals surface area contributed by atoms with Crippen LogP contribution >= 0.6 is 11.6 Å². The highest BCUT2D eigenvalue weighted by Crippen LogP contribution is 2.13. The van der Waals surface area contributed by atoms with Gasteiger partial charge >= 0.3 is 0 Å². The van der Waals surface area contributed by atoms with E-state index in [9.17, 15) is 9.59 Å². The molecule has 146 valence electrons. The van der Waals surface area contributed by atoms with Crippen molar-refractivity contribution in [3.05, 3.63) is 76.8 Å². The molecule has 1 heterocycles. The number of piperazine rings is 1. The minimum Gasteiger partial charge on any atom is -0.340 e. The first-order valence-electron chi connectivity index (χ1n) is 9.62. The summed E-state index contributed by atoms with van der Waals surface area (Å²) in [5.74, 6) is 0.0384. The van der Waals surface area contributed by atoms with Crippen molar-refractivity contribution in [2.45, 2.75) is 12.8 Å². The van der Waals surface area contributed by atoms with E-state index in [1.165, 1.54) is 5.56 Å². The molecule has 0 radical (unpaired) electrons. The van der Waals surface area contributed by atoms with Gasteiger partial charge in [-0.15, -0.1) is 0 Å². The molecule has 0 spiro atoms. The van der Waals surface area contributed by atoms with Gasteiger partial charge in [0.2, 0.25) is 5.91 Å². The number of amides is 1. The van der Waals surface area contributed by atoms with Crippen molar-refractivity contribution in [1.29, 1.82) is 0 Å². The van der Waals surface area contributed by atoms with Crippen LogP contribution in [0.2, 0.25) is 5.02 Å². The lowest BCUT2D eigenvalue weighted by Crippen LogP contribution is -2.48. The predicted octanol–water partition coefficient (Wildman–Crippen LogP) is 4.16. The summed E-state index contributed by atoms with van der Waals surface area (Å²) < 4.78 is 0. The largest absolute Gasteiger partial charge is 0.340 e. The second kappa shape index (κ2) is 10.2. The van der Waals surface area contributed by atoms with Gasteiger partial charge in [-0.25, -0.2) is 0 Å². The van der Waals surface area contributed by atoms with E-state index in [0.29, 0.717) is 23.7 Å². The van der Waals surface area contributed by atoms with E-state index in [0.717, 1.165) is 19.6 Å². The molecule has 1 fully saturated rings. The molecule has 0 unspecified atom stereocenters. The molecular formula is C23H25ClN2O2. The average molecular weight is 397 g/mol. The van der Waals surface area contributed by atoms with Crippen LogP contribution in [0.4, 0.5) is 0 Å². The third kappa shape index (κ3) is 6.04. The van der Waals surface area contributed by atoms with E-state index in [1.54, 1.807) is 24.3 Å². The summed E-state index contributed by atoms with van der Waals surface area (Å²) in [6.45, 7) is 4.03. The number of hydrogen-bond acceptors (Lipinski definition) is 3. The molecule has 0 atom stereocenters. The second-order valence-electron chi connectivity index (χ2n) is 6.92. The maximum absolute atomic E-state index is 12.4. The highest BCUT2D eigenvalue weighted by atomic mass is 35.5. The lowest BCUT2D eigenvalue weighted by Gasteiger charge is -2.34.